The van der Waals surface area contributed by atoms with E-state index in [1.54, 1.807) is 0 Å². The fourth-order valence-electron chi connectivity index (χ4n) is 1.64. The van der Waals surface area contributed by atoms with E-state index >= 15 is 0 Å². The van der Waals surface area contributed by atoms with E-state index < -0.39 is 11.9 Å². The third-order valence-electron chi connectivity index (χ3n) is 2.38. The van der Waals surface area contributed by atoms with E-state index in [0.717, 1.165) is 11.3 Å². The van der Waals surface area contributed by atoms with Gasteiger partial charge < -0.3 is 9.84 Å². The van der Waals surface area contributed by atoms with E-state index in [9.17, 15) is 4.79 Å². The lowest BCUT2D eigenvalue weighted by molar-refractivity contribution is -0.137. The summed E-state index contributed by atoms with van der Waals surface area (Å²) in [7, 11) is 0. The molecule has 1 aromatic carbocycles. The van der Waals surface area contributed by atoms with Crippen LogP contribution in [-0.2, 0) is 11.2 Å². The molecule has 96 valence electrons. The van der Waals surface area contributed by atoms with Crippen LogP contribution >= 0.6 is 0 Å². The minimum absolute atomic E-state index is 0.120. The van der Waals surface area contributed by atoms with Crippen molar-refractivity contribution in [2.75, 3.05) is 0 Å². The smallest absolute Gasteiger partial charge is 0.304 e. The van der Waals surface area contributed by atoms with Gasteiger partial charge in [-0.05, 0) is 38.0 Å². The normalized spacial score (nSPS) is 11.9. The molecule has 0 fully saturated rings. The molecule has 0 bridgehead atoms. The highest BCUT2D eigenvalue weighted by Gasteiger charge is 2.13. The first-order valence-corrected chi connectivity index (χ1v) is 5.88. The molecule has 1 unspecified atom stereocenters. The highest BCUT2D eigenvalue weighted by molar-refractivity contribution is 5.67. The molecule has 18 heavy (non-hydrogen) atoms. The third-order valence-corrected chi connectivity index (χ3v) is 2.38. The molecule has 0 aliphatic rings. The molecule has 0 radical (unpaired) electrons. The van der Waals surface area contributed by atoms with Gasteiger partial charge in [0.05, 0.1) is 24.5 Å². The van der Waals surface area contributed by atoms with Gasteiger partial charge in [-0.25, -0.2) is 0 Å². The second kappa shape index (κ2) is 6.65. The predicted octanol–water partition coefficient (Wildman–Crippen LogP) is 2.63. The molecule has 0 saturated heterocycles. The first-order valence-electron chi connectivity index (χ1n) is 5.88. The Kier molecular flexibility index (Phi) is 5.19. The minimum Gasteiger partial charge on any atom is -0.491 e. The zero-order valence-corrected chi connectivity index (χ0v) is 10.6. The Morgan fingerprint density at radius 1 is 1.39 bits per heavy atom. The molecule has 4 heteroatoms. The topological polar surface area (TPSA) is 70.3 Å². The molecule has 0 aliphatic heterocycles. The van der Waals surface area contributed by atoms with Crippen LogP contribution in [0.3, 0.4) is 0 Å². The van der Waals surface area contributed by atoms with Crippen LogP contribution in [0.4, 0.5) is 0 Å². The Morgan fingerprint density at radius 3 is 2.44 bits per heavy atom. The van der Waals surface area contributed by atoms with Crippen LogP contribution in [0.1, 0.15) is 25.8 Å². The van der Waals surface area contributed by atoms with Crippen LogP contribution < -0.4 is 4.74 Å². The van der Waals surface area contributed by atoms with Crippen molar-refractivity contribution < 1.29 is 14.6 Å². The summed E-state index contributed by atoms with van der Waals surface area (Å²) >= 11 is 0. The molecule has 0 aromatic heterocycles. The van der Waals surface area contributed by atoms with Gasteiger partial charge >= 0.3 is 5.97 Å². The Labute approximate surface area is 107 Å². The number of hydrogen-bond donors (Lipinski definition) is 1. The number of aliphatic carboxylic acids is 1. The van der Waals surface area contributed by atoms with Crippen LogP contribution in [0, 0.1) is 17.2 Å². The van der Waals surface area contributed by atoms with Crippen molar-refractivity contribution in [2.24, 2.45) is 5.92 Å². The summed E-state index contributed by atoms with van der Waals surface area (Å²) in [5, 5.41) is 17.5. The SMILES string of the molecule is CC(C)Oc1ccc(CC(C#N)CC(=O)O)cc1. The molecule has 0 aliphatic carbocycles. The number of ether oxygens (including phenoxy) is 1. The van der Waals surface area contributed by atoms with Gasteiger partial charge in [0.1, 0.15) is 5.75 Å². The van der Waals surface area contributed by atoms with Crippen molar-refractivity contribution >= 4 is 5.97 Å². The zero-order valence-electron chi connectivity index (χ0n) is 10.6. The van der Waals surface area contributed by atoms with Crippen molar-refractivity contribution in [2.45, 2.75) is 32.8 Å². The van der Waals surface area contributed by atoms with Gasteiger partial charge in [0.15, 0.2) is 0 Å². The van der Waals surface area contributed by atoms with Gasteiger partial charge in [-0.1, -0.05) is 12.1 Å². The van der Waals surface area contributed by atoms with Crippen LogP contribution in [0.5, 0.6) is 5.75 Å². The lowest BCUT2D eigenvalue weighted by Gasteiger charge is -2.11. The van der Waals surface area contributed by atoms with E-state index in [0.29, 0.717) is 6.42 Å². The second-order valence-corrected chi connectivity index (χ2v) is 4.44. The summed E-state index contributed by atoms with van der Waals surface area (Å²) < 4.78 is 5.51. The molecule has 0 heterocycles. The molecule has 1 rings (SSSR count). The fourth-order valence-corrected chi connectivity index (χ4v) is 1.64. The van der Waals surface area contributed by atoms with E-state index in [1.807, 2.05) is 44.2 Å². The van der Waals surface area contributed by atoms with Gasteiger partial charge in [0, 0.05) is 0 Å². The van der Waals surface area contributed by atoms with Crippen molar-refractivity contribution in [3.05, 3.63) is 29.8 Å². The molecular formula is C14H17NO3. The summed E-state index contributed by atoms with van der Waals surface area (Å²) in [6.45, 7) is 3.90. The molecule has 0 amide bonds. The Balaban J connectivity index is 2.62. The number of rotatable bonds is 6. The number of carboxylic acids is 1. The van der Waals surface area contributed by atoms with Crippen molar-refractivity contribution in [3.63, 3.8) is 0 Å². The minimum atomic E-state index is -0.943. The quantitative estimate of drug-likeness (QED) is 0.838. The van der Waals surface area contributed by atoms with Gasteiger partial charge in [0.25, 0.3) is 0 Å². The van der Waals surface area contributed by atoms with E-state index in [1.165, 1.54) is 0 Å². The van der Waals surface area contributed by atoms with Crippen LogP contribution in [0.15, 0.2) is 24.3 Å². The number of benzene rings is 1. The Hall–Kier alpha value is -2.02. The average molecular weight is 247 g/mol. The number of nitriles is 1. The molecule has 1 N–H and O–H groups in total. The standard InChI is InChI=1S/C14H17NO3/c1-10(2)18-13-5-3-11(4-6-13)7-12(9-15)8-14(16)17/h3-6,10,12H,7-8H2,1-2H3,(H,16,17). The van der Waals surface area contributed by atoms with Crippen molar-refractivity contribution in [3.8, 4) is 11.8 Å². The maximum Gasteiger partial charge on any atom is 0.304 e. The van der Waals surface area contributed by atoms with Crippen molar-refractivity contribution in [1.29, 1.82) is 5.26 Å². The molecule has 1 atom stereocenters. The number of nitrogens with zero attached hydrogens (tertiary/aromatic N) is 1. The van der Waals surface area contributed by atoms with Gasteiger partial charge in [-0.2, -0.15) is 5.26 Å². The Bertz CT molecular complexity index is 431. The summed E-state index contributed by atoms with van der Waals surface area (Å²) in [6.07, 6.45) is 0.445. The molecule has 0 saturated carbocycles. The van der Waals surface area contributed by atoms with E-state index in [4.69, 9.17) is 15.1 Å². The lowest BCUT2D eigenvalue weighted by atomic mass is 9.98. The van der Waals surface area contributed by atoms with Gasteiger partial charge in [-0.15, -0.1) is 0 Å². The maximum absolute atomic E-state index is 10.6. The lowest BCUT2D eigenvalue weighted by Crippen LogP contribution is -2.09. The molecular weight excluding hydrogens is 230 g/mol. The molecule has 0 spiro atoms. The predicted molar refractivity (Wildman–Crippen MR) is 67.3 cm³/mol. The van der Waals surface area contributed by atoms with Crippen molar-refractivity contribution in [1.82, 2.24) is 0 Å². The summed E-state index contributed by atoms with van der Waals surface area (Å²) in [5.41, 5.74) is 0.943. The highest BCUT2D eigenvalue weighted by atomic mass is 16.5. The maximum atomic E-state index is 10.6. The van der Waals surface area contributed by atoms with E-state index in [-0.39, 0.29) is 12.5 Å². The molecule has 4 nitrogen and oxygen atoms in total. The van der Waals surface area contributed by atoms with E-state index in [2.05, 4.69) is 0 Å². The fraction of sp³-hybridized carbons (Fsp3) is 0.429. The molecule has 1 aromatic rings. The second-order valence-electron chi connectivity index (χ2n) is 4.44. The zero-order chi connectivity index (χ0) is 13.5. The summed E-state index contributed by atoms with van der Waals surface area (Å²) in [5.74, 6) is -0.652. The largest absolute Gasteiger partial charge is 0.491 e. The summed E-state index contributed by atoms with van der Waals surface area (Å²) in [4.78, 5) is 10.6. The monoisotopic (exact) mass is 247 g/mol. The van der Waals surface area contributed by atoms with Crippen LogP contribution in [0.25, 0.3) is 0 Å². The van der Waals surface area contributed by atoms with Crippen LogP contribution in [-0.4, -0.2) is 17.2 Å². The number of carbonyl (C=O) groups is 1. The number of hydrogen-bond acceptors (Lipinski definition) is 3. The third kappa shape index (κ3) is 4.88. The van der Waals surface area contributed by atoms with Gasteiger partial charge in [0.2, 0.25) is 0 Å². The van der Waals surface area contributed by atoms with Crippen LogP contribution in [0.2, 0.25) is 0 Å². The highest BCUT2D eigenvalue weighted by Crippen LogP contribution is 2.17. The number of carboxylic acid groups (broad SMARTS) is 1. The first-order chi connectivity index (χ1) is 8.51. The first kappa shape index (κ1) is 14.0. The van der Waals surface area contributed by atoms with Gasteiger partial charge in [-0.3, -0.25) is 4.79 Å². The summed E-state index contributed by atoms with van der Waals surface area (Å²) in [6, 6.07) is 9.42. The average Bonchev–Trinajstić information content (AvgIpc) is 2.29. The Morgan fingerprint density at radius 2 is 2.00 bits per heavy atom.